The third-order valence-corrected chi connectivity index (χ3v) is 11.0. The zero-order valence-corrected chi connectivity index (χ0v) is 32.9. The molecule has 0 N–H and O–H groups in total. The number of halogens is 2. The predicted molar refractivity (Wildman–Crippen MR) is 178 cm³/mol. The van der Waals surface area contributed by atoms with Gasteiger partial charge in [-0.15, -0.1) is 0 Å². The maximum absolute atomic E-state index is 6.64. The molecule has 44 heavy (non-hydrogen) atoms. The monoisotopic (exact) mass is 736 g/mol. The van der Waals surface area contributed by atoms with Gasteiger partial charge in [-0.25, -0.2) is 0 Å². The van der Waals surface area contributed by atoms with Crippen molar-refractivity contribution in [2.75, 3.05) is 13.2 Å². The van der Waals surface area contributed by atoms with Crippen LogP contribution in [0.3, 0.4) is 0 Å². The van der Waals surface area contributed by atoms with Crippen molar-refractivity contribution in [2.45, 2.75) is 70.4 Å². The summed E-state index contributed by atoms with van der Waals surface area (Å²) in [6.07, 6.45) is 3.88. The van der Waals surface area contributed by atoms with Gasteiger partial charge in [0.1, 0.15) is 0 Å². The van der Waals surface area contributed by atoms with Gasteiger partial charge < -0.3 is 33.7 Å². The minimum Gasteiger partial charge on any atom is -1.00 e. The molecule has 0 saturated heterocycles. The van der Waals surface area contributed by atoms with E-state index in [9.17, 15) is 0 Å². The first-order valence-electron chi connectivity index (χ1n) is 15.2. The SMILES string of the molecule is C[Si](C)(C)OCCC(CCO[Si](C)(C)C)(c1cccc2c1Cc1ccccc1-2)c1cccc2c1Cc1ccccc1-2.[Cl-].[Cl-].[Zr+2]. The van der Waals surface area contributed by atoms with Gasteiger partial charge in [0.15, 0.2) is 16.6 Å². The van der Waals surface area contributed by atoms with Crippen molar-refractivity contribution in [3.8, 4) is 22.3 Å². The first-order valence-corrected chi connectivity index (χ1v) is 22.1. The maximum atomic E-state index is 6.64. The Morgan fingerprint density at radius 1 is 0.523 bits per heavy atom. The summed E-state index contributed by atoms with van der Waals surface area (Å²) in [7, 11) is -3.38. The van der Waals surface area contributed by atoms with E-state index in [1.807, 2.05) is 0 Å². The van der Waals surface area contributed by atoms with Gasteiger partial charge in [-0.1, -0.05) is 84.9 Å². The molecule has 0 fully saturated rings. The summed E-state index contributed by atoms with van der Waals surface area (Å²) >= 11 is 0. The van der Waals surface area contributed by atoms with E-state index in [0.717, 1.165) is 38.9 Å². The number of rotatable bonds is 10. The first kappa shape index (κ1) is 37.2. The van der Waals surface area contributed by atoms with Crippen LogP contribution in [-0.2, 0) is 53.3 Å². The van der Waals surface area contributed by atoms with E-state index in [1.165, 1.54) is 55.6 Å². The fourth-order valence-electron chi connectivity index (χ4n) is 7.08. The molecule has 0 saturated carbocycles. The molecule has 0 unspecified atom stereocenters. The van der Waals surface area contributed by atoms with Gasteiger partial charge in [-0.2, -0.15) is 0 Å². The van der Waals surface area contributed by atoms with Crippen molar-refractivity contribution in [3.63, 3.8) is 0 Å². The minimum atomic E-state index is -1.69. The molecule has 0 bridgehead atoms. The molecule has 0 aliphatic heterocycles. The van der Waals surface area contributed by atoms with Crippen LogP contribution in [0.1, 0.15) is 46.2 Å². The minimum absolute atomic E-state index is 0. The van der Waals surface area contributed by atoms with Crippen LogP contribution >= 0.6 is 0 Å². The predicted octanol–water partition coefficient (Wildman–Crippen LogP) is 3.60. The smallest absolute Gasteiger partial charge is 1.00 e. The Morgan fingerprint density at radius 3 is 1.27 bits per heavy atom. The molecule has 4 aromatic carbocycles. The summed E-state index contributed by atoms with van der Waals surface area (Å²) in [4.78, 5) is 0. The van der Waals surface area contributed by atoms with Gasteiger partial charge in [0.25, 0.3) is 0 Å². The normalized spacial score (nSPS) is 13.0. The van der Waals surface area contributed by atoms with Gasteiger partial charge in [0.05, 0.1) is 0 Å². The van der Waals surface area contributed by atoms with Crippen molar-refractivity contribution >= 4 is 16.6 Å². The second-order valence-corrected chi connectivity index (χ2v) is 22.9. The molecule has 0 atom stereocenters. The van der Waals surface area contributed by atoms with Crippen LogP contribution in [0.15, 0.2) is 84.9 Å². The van der Waals surface area contributed by atoms with Crippen LogP contribution in [0.4, 0.5) is 0 Å². The molecule has 2 nitrogen and oxygen atoms in total. The first-order chi connectivity index (χ1) is 19.6. The Morgan fingerprint density at radius 2 is 0.886 bits per heavy atom. The van der Waals surface area contributed by atoms with Crippen LogP contribution in [0.25, 0.3) is 22.3 Å². The van der Waals surface area contributed by atoms with Crippen LogP contribution in [0.5, 0.6) is 0 Å². The average Bonchev–Trinajstić information content (AvgIpc) is 3.49. The molecule has 2 aliphatic rings. The molecular formula is C37H44Cl2O2Si2Zr. The van der Waals surface area contributed by atoms with Gasteiger partial charge in [-0.3, -0.25) is 0 Å². The largest absolute Gasteiger partial charge is 2.00 e. The van der Waals surface area contributed by atoms with Crippen molar-refractivity contribution in [3.05, 3.63) is 118 Å². The fraction of sp³-hybridized carbons (Fsp3) is 0.351. The summed E-state index contributed by atoms with van der Waals surface area (Å²) in [5, 5.41) is 0. The molecule has 4 aromatic rings. The fourth-order valence-corrected chi connectivity index (χ4v) is 8.51. The van der Waals surface area contributed by atoms with E-state index in [1.54, 1.807) is 0 Å². The molecular weight excluding hydrogens is 695 g/mol. The molecule has 0 radical (unpaired) electrons. The summed E-state index contributed by atoms with van der Waals surface area (Å²) in [5.74, 6) is 0. The van der Waals surface area contributed by atoms with E-state index in [-0.39, 0.29) is 56.4 Å². The second kappa shape index (κ2) is 14.6. The van der Waals surface area contributed by atoms with Crippen LogP contribution in [0, 0.1) is 0 Å². The molecule has 230 valence electrons. The van der Waals surface area contributed by atoms with E-state index in [2.05, 4.69) is 124 Å². The molecule has 0 heterocycles. The third-order valence-electron chi connectivity index (χ3n) is 8.86. The van der Waals surface area contributed by atoms with E-state index in [0.29, 0.717) is 0 Å². The van der Waals surface area contributed by atoms with Crippen LogP contribution in [0.2, 0.25) is 39.3 Å². The zero-order valence-electron chi connectivity index (χ0n) is 26.9. The Hall–Kier alpha value is -1.30. The third kappa shape index (κ3) is 7.46. The molecule has 0 spiro atoms. The molecule has 0 aromatic heterocycles. The summed E-state index contributed by atoms with van der Waals surface area (Å²) < 4.78 is 13.3. The van der Waals surface area contributed by atoms with Crippen molar-refractivity contribution in [1.29, 1.82) is 0 Å². The standard InChI is InChI=1S/C37H44O2Si2.2ClH.Zr/c1-40(2,3)38-23-21-37(22-24-39-41(4,5)6,35-19-11-17-31-29-15-9-7-13-27(29)25-33(31)35)36-20-12-18-32-30-16-10-8-14-28(30)26-34(32)36;;;/h7-20H,21-26H2,1-6H3;2*1H;/q;;;+2/p-2. The van der Waals surface area contributed by atoms with E-state index in [4.69, 9.17) is 8.85 Å². The van der Waals surface area contributed by atoms with Crippen molar-refractivity contribution in [2.24, 2.45) is 0 Å². The summed E-state index contributed by atoms with van der Waals surface area (Å²) in [5.41, 5.74) is 14.2. The Bertz CT molecular complexity index is 1470. The second-order valence-electron chi connectivity index (χ2n) is 13.8. The van der Waals surface area contributed by atoms with Crippen molar-refractivity contribution in [1.82, 2.24) is 0 Å². The quantitative estimate of drug-likeness (QED) is 0.200. The summed E-state index contributed by atoms with van der Waals surface area (Å²) in [6.45, 7) is 15.3. The maximum Gasteiger partial charge on any atom is 2.00 e. The van der Waals surface area contributed by atoms with E-state index < -0.39 is 16.6 Å². The molecule has 7 heteroatoms. The number of fused-ring (bicyclic) bond motifs is 6. The van der Waals surface area contributed by atoms with Crippen LogP contribution < -0.4 is 24.8 Å². The number of hydrogen-bond acceptors (Lipinski definition) is 2. The summed E-state index contributed by atoms with van der Waals surface area (Å²) in [6, 6.07) is 32.0. The molecule has 0 amide bonds. The molecule has 6 rings (SSSR count). The van der Waals surface area contributed by atoms with Gasteiger partial charge >= 0.3 is 26.2 Å². The topological polar surface area (TPSA) is 18.5 Å². The van der Waals surface area contributed by atoms with Gasteiger partial charge in [-0.05, 0) is 121 Å². The average molecular weight is 739 g/mol. The Kier molecular flexibility index (Phi) is 12.4. The van der Waals surface area contributed by atoms with E-state index >= 15 is 0 Å². The van der Waals surface area contributed by atoms with Crippen molar-refractivity contribution < 1.29 is 59.9 Å². The Balaban J connectivity index is 0.00000176. The van der Waals surface area contributed by atoms with Gasteiger partial charge in [0.2, 0.25) is 0 Å². The number of hydrogen-bond donors (Lipinski definition) is 0. The number of benzene rings is 4. The van der Waals surface area contributed by atoms with Gasteiger partial charge in [0, 0.05) is 18.6 Å². The molecule has 2 aliphatic carbocycles. The zero-order chi connectivity index (χ0) is 28.8. The Labute approximate surface area is 298 Å². The van der Waals surface area contributed by atoms with Crippen LogP contribution in [-0.4, -0.2) is 29.8 Å².